The summed E-state index contributed by atoms with van der Waals surface area (Å²) >= 11 is 0. The van der Waals surface area contributed by atoms with Crippen LogP contribution in [0.3, 0.4) is 0 Å². The van der Waals surface area contributed by atoms with E-state index in [0.717, 1.165) is 75.1 Å². The Hall–Kier alpha value is -12.5. The zero-order valence-electron chi connectivity index (χ0n) is 57.9. The lowest BCUT2D eigenvalue weighted by atomic mass is 10.1. The van der Waals surface area contributed by atoms with Crippen molar-refractivity contribution in [2.24, 2.45) is 0 Å². The number of ether oxygens (including phenoxy) is 5. The van der Waals surface area contributed by atoms with E-state index in [0.29, 0.717) is 102 Å². The number of para-hydroxylation sites is 3. The van der Waals surface area contributed by atoms with Gasteiger partial charge in [-0.15, -0.1) is 0 Å². The number of aliphatic hydroxyl groups is 1. The summed E-state index contributed by atoms with van der Waals surface area (Å²) in [5.41, 5.74) is 24.2. The standard InChI is InChI=1S/C26H28N6O3.C24H22N6O2.C17H13N5O.C9H17NO3/c1-26(2,3)35-25(33)31-14-13-18(15-31)32-24-21(23(27)28-16-29-24)22(30-32)17-9-11-20(12-10-17)34-19-7-5-4-6-8-19;1-2-20(31)29-13-12-17(14-29)30-24-21(23(25)26-15-27-24)22(28-30)16-8-10-19(11-9-16)32-18-6-4-3-5-7-18;18-16-14-15(21-22-17(14)20-10-19-16)11-6-8-13(9-7-11)23-12-4-2-1-3-5-12;1-9(2,3)13-8(12)10-5-4-7(11)6-10/h4-12,16,18H,13-15H2,1-3H3,(H2,27,28,29);2-11,15,17H,1,12-14H2,(H2,25,26,27);1-10H,(H3,18,19,20,21,22);7,11H,4-6H2,1-3H3. The molecular weight excluding hydrogens is 1310 g/mol. The second-order valence-electron chi connectivity index (χ2n) is 26.5. The number of fused-ring (bicyclic) bond motifs is 3. The van der Waals surface area contributed by atoms with Crippen molar-refractivity contribution in [2.75, 3.05) is 56.5 Å². The van der Waals surface area contributed by atoms with Crippen LogP contribution in [0.4, 0.5) is 27.0 Å². The van der Waals surface area contributed by atoms with E-state index in [2.05, 4.69) is 46.7 Å². The molecule has 0 bridgehead atoms. The van der Waals surface area contributed by atoms with E-state index in [1.54, 1.807) is 9.80 Å². The molecule has 0 aliphatic carbocycles. The summed E-state index contributed by atoms with van der Waals surface area (Å²) in [6, 6.07) is 51.9. The van der Waals surface area contributed by atoms with Crippen LogP contribution >= 0.6 is 0 Å². The third-order valence-corrected chi connectivity index (χ3v) is 16.7. The summed E-state index contributed by atoms with van der Waals surface area (Å²) in [5, 5.41) is 28.2. The molecule has 3 fully saturated rings. The van der Waals surface area contributed by atoms with Gasteiger partial charge in [-0.3, -0.25) is 9.89 Å². The fraction of sp³-hybridized carbons (Fsp3) is 0.263. The van der Waals surface area contributed by atoms with Crippen molar-refractivity contribution in [3.05, 3.63) is 195 Å². The number of aliphatic hydroxyl groups excluding tert-OH is 1. The predicted molar refractivity (Wildman–Crippen MR) is 392 cm³/mol. The highest BCUT2D eigenvalue weighted by molar-refractivity contribution is 6.00. The van der Waals surface area contributed by atoms with Gasteiger partial charge in [-0.1, -0.05) is 61.2 Å². The Balaban J connectivity index is 0.000000136. The van der Waals surface area contributed by atoms with Gasteiger partial charge >= 0.3 is 12.2 Å². The summed E-state index contributed by atoms with van der Waals surface area (Å²) in [6.45, 7) is 17.9. The highest BCUT2D eigenvalue weighted by atomic mass is 16.6. The van der Waals surface area contributed by atoms with Gasteiger partial charge in [0.25, 0.3) is 0 Å². The molecule has 27 heteroatoms. The van der Waals surface area contributed by atoms with E-state index in [4.69, 9.17) is 51.1 Å². The Morgan fingerprint density at radius 1 is 0.476 bits per heavy atom. The van der Waals surface area contributed by atoms with Gasteiger partial charge in [0.05, 0.1) is 40.0 Å². The van der Waals surface area contributed by atoms with Crippen molar-refractivity contribution in [2.45, 2.75) is 90.2 Å². The molecule has 103 heavy (non-hydrogen) atoms. The number of nitrogens with zero attached hydrogens (tertiary/aromatic N) is 14. The van der Waals surface area contributed by atoms with Gasteiger partial charge in [0.2, 0.25) is 5.91 Å². The molecule has 0 saturated carbocycles. The molecule has 27 nitrogen and oxygen atoms in total. The molecule has 15 rings (SSSR count). The number of aromatic amines is 1. The van der Waals surface area contributed by atoms with E-state index in [1.807, 2.05) is 215 Å². The number of hydrogen-bond donors (Lipinski definition) is 5. The fourth-order valence-corrected chi connectivity index (χ4v) is 11.9. The highest BCUT2D eigenvalue weighted by Crippen LogP contribution is 2.38. The number of nitrogen functional groups attached to an aromatic ring is 3. The zero-order valence-corrected chi connectivity index (χ0v) is 57.9. The molecule has 3 aliphatic heterocycles. The Labute approximate surface area is 593 Å². The molecule has 528 valence electrons. The van der Waals surface area contributed by atoms with Crippen molar-refractivity contribution < 1.29 is 43.2 Å². The third-order valence-electron chi connectivity index (χ3n) is 16.7. The van der Waals surface area contributed by atoms with Crippen molar-refractivity contribution in [3.8, 4) is 68.3 Å². The minimum atomic E-state index is -0.543. The number of likely N-dealkylation sites (tertiary alicyclic amines) is 3. The molecule has 3 saturated heterocycles. The first-order chi connectivity index (χ1) is 49.6. The zero-order chi connectivity index (χ0) is 72.4. The van der Waals surface area contributed by atoms with Gasteiger partial charge in [-0.2, -0.15) is 15.3 Å². The Kier molecular flexibility index (Phi) is 21.1. The van der Waals surface area contributed by atoms with Gasteiger partial charge in [0.1, 0.15) is 93.5 Å². The average Bonchev–Trinajstić information content (AvgIpc) is 1.62. The predicted octanol–water partition coefficient (Wildman–Crippen LogP) is 13.3. The number of carbonyl (C=O) groups is 3. The molecule has 3 unspecified atom stereocenters. The number of nitrogens with two attached hydrogens (primary N) is 3. The van der Waals surface area contributed by atoms with E-state index >= 15 is 0 Å². The number of anilines is 3. The first-order valence-electron chi connectivity index (χ1n) is 33.6. The molecular formula is C76H80N18O9. The Morgan fingerprint density at radius 2 is 0.845 bits per heavy atom. The van der Waals surface area contributed by atoms with Crippen LogP contribution in [0.25, 0.3) is 66.9 Å². The van der Waals surface area contributed by atoms with Crippen LogP contribution in [-0.4, -0.2) is 154 Å². The highest BCUT2D eigenvalue weighted by Gasteiger charge is 2.35. The van der Waals surface area contributed by atoms with E-state index in [1.165, 1.54) is 30.0 Å². The van der Waals surface area contributed by atoms with Crippen molar-refractivity contribution in [1.82, 2.24) is 74.4 Å². The second-order valence-corrected chi connectivity index (χ2v) is 26.5. The summed E-state index contributed by atoms with van der Waals surface area (Å²) in [5.74, 6) is 5.60. The fourth-order valence-electron chi connectivity index (χ4n) is 11.9. The van der Waals surface area contributed by atoms with E-state index in [9.17, 15) is 19.5 Å². The van der Waals surface area contributed by atoms with Gasteiger partial charge in [0, 0.05) is 56.0 Å². The molecule has 0 spiro atoms. The lowest BCUT2D eigenvalue weighted by molar-refractivity contribution is -0.125. The topological polar surface area (TPSA) is 347 Å². The van der Waals surface area contributed by atoms with Gasteiger partial charge in [0.15, 0.2) is 16.9 Å². The largest absolute Gasteiger partial charge is 0.457 e. The van der Waals surface area contributed by atoms with Gasteiger partial charge in [-0.25, -0.2) is 48.9 Å². The molecule has 0 radical (unpaired) electrons. The molecule has 3 amide bonds. The van der Waals surface area contributed by atoms with Crippen LogP contribution in [0.2, 0.25) is 0 Å². The number of β-amino-alcohol motifs (C(OH)–C–C–N with tert-alkyl or cyclic N) is 1. The van der Waals surface area contributed by atoms with Crippen molar-refractivity contribution in [3.63, 3.8) is 0 Å². The minimum Gasteiger partial charge on any atom is -0.457 e. The smallest absolute Gasteiger partial charge is 0.410 e. The summed E-state index contributed by atoms with van der Waals surface area (Å²) in [6.07, 6.45) is 6.77. The number of rotatable bonds is 12. The normalized spacial score (nSPS) is 15.7. The Morgan fingerprint density at radius 3 is 1.25 bits per heavy atom. The number of nitrogens with one attached hydrogen (secondary N) is 1. The number of benzene rings is 6. The number of hydrogen-bond acceptors (Lipinski definition) is 21. The molecule has 8 N–H and O–H groups in total. The quantitative estimate of drug-likeness (QED) is 0.0709. The molecule has 6 aromatic heterocycles. The molecule has 6 aromatic carbocycles. The average molecular weight is 1390 g/mol. The maximum absolute atomic E-state index is 12.6. The maximum Gasteiger partial charge on any atom is 0.410 e. The van der Waals surface area contributed by atoms with Gasteiger partial charge < -0.3 is 60.7 Å². The van der Waals surface area contributed by atoms with Crippen LogP contribution in [-0.2, 0) is 14.3 Å². The van der Waals surface area contributed by atoms with Crippen molar-refractivity contribution in [1.29, 1.82) is 0 Å². The summed E-state index contributed by atoms with van der Waals surface area (Å²) < 4.78 is 32.0. The van der Waals surface area contributed by atoms with Crippen LogP contribution in [0.15, 0.2) is 195 Å². The second kappa shape index (κ2) is 30.9. The SMILES string of the molecule is C=CC(=O)N1CCC(n2nc(-c3ccc(Oc4ccccc4)cc3)c3c(N)ncnc32)C1.CC(C)(C)OC(=O)N1CCC(O)C1.CC(C)(C)OC(=O)N1CCC(n2nc(-c3ccc(Oc4ccccc4)cc3)c3c(N)ncnc32)C1.Nc1ncnc2n[nH]c(-c3ccc(Oc4ccccc4)cc3)c12. The molecule has 12 aromatic rings. The molecule has 3 atom stereocenters. The minimum absolute atomic E-state index is 0.00476. The van der Waals surface area contributed by atoms with Crippen LogP contribution < -0.4 is 31.4 Å². The number of H-pyrrole nitrogens is 1. The molecule has 9 heterocycles. The number of amides is 3. The Bertz CT molecular complexity index is 4910. The number of carbonyl (C=O) groups excluding carboxylic acids is 3. The maximum atomic E-state index is 12.6. The monoisotopic (exact) mass is 1390 g/mol. The van der Waals surface area contributed by atoms with Crippen LogP contribution in [0.5, 0.6) is 34.5 Å². The lowest BCUT2D eigenvalue weighted by Crippen LogP contribution is -2.35. The van der Waals surface area contributed by atoms with Crippen LogP contribution in [0.1, 0.15) is 72.9 Å². The lowest BCUT2D eigenvalue weighted by Gasteiger charge is -2.24. The van der Waals surface area contributed by atoms with Gasteiger partial charge in [-0.05, 0) is 176 Å². The van der Waals surface area contributed by atoms with E-state index in [-0.39, 0.29) is 36.3 Å². The third kappa shape index (κ3) is 17.2. The van der Waals surface area contributed by atoms with Crippen LogP contribution in [0, 0.1) is 0 Å². The first-order valence-corrected chi connectivity index (χ1v) is 33.6. The van der Waals surface area contributed by atoms with Crippen molar-refractivity contribution >= 4 is 68.6 Å². The number of aromatic nitrogens is 12. The van der Waals surface area contributed by atoms with E-state index < -0.39 is 11.2 Å². The first kappa shape index (κ1) is 70.3. The summed E-state index contributed by atoms with van der Waals surface area (Å²) in [7, 11) is 0. The summed E-state index contributed by atoms with van der Waals surface area (Å²) in [4.78, 5) is 66.4. The molecule has 3 aliphatic rings.